The van der Waals surface area contributed by atoms with Crippen molar-refractivity contribution in [2.24, 2.45) is 0 Å². The van der Waals surface area contributed by atoms with E-state index < -0.39 is 5.97 Å². The molecule has 3 N–H and O–H groups in total. The van der Waals surface area contributed by atoms with Gasteiger partial charge in [0.25, 0.3) is 0 Å². The van der Waals surface area contributed by atoms with Gasteiger partial charge in [-0.1, -0.05) is 0 Å². The predicted octanol–water partition coefficient (Wildman–Crippen LogP) is 1.64. The maximum atomic E-state index is 10.8. The Morgan fingerprint density at radius 3 is 2.53 bits per heavy atom. The average molecular weight is 252 g/mol. The summed E-state index contributed by atoms with van der Waals surface area (Å²) < 4.78 is 0. The van der Waals surface area contributed by atoms with Crippen LogP contribution >= 0.6 is 11.8 Å². The first-order chi connectivity index (χ1) is 8.13. The van der Waals surface area contributed by atoms with Crippen molar-refractivity contribution in [1.82, 2.24) is 5.32 Å². The van der Waals surface area contributed by atoms with Gasteiger partial charge in [-0.2, -0.15) is 0 Å². The van der Waals surface area contributed by atoms with E-state index in [2.05, 4.69) is 10.6 Å². The van der Waals surface area contributed by atoms with Gasteiger partial charge in [0.15, 0.2) is 0 Å². The van der Waals surface area contributed by atoms with Crippen LogP contribution in [0.5, 0.6) is 0 Å². The maximum Gasteiger partial charge on any atom is 0.305 e. The maximum absolute atomic E-state index is 10.8. The molecule has 0 aliphatic carbocycles. The number of carboxylic acid groups (broad SMARTS) is 1. The van der Waals surface area contributed by atoms with Gasteiger partial charge in [-0.3, -0.25) is 4.79 Å². The van der Waals surface area contributed by atoms with Gasteiger partial charge in [0.2, 0.25) is 0 Å². The summed E-state index contributed by atoms with van der Waals surface area (Å²) >= 11 is 1.69. The van der Waals surface area contributed by atoms with Gasteiger partial charge in [-0.25, -0.2) is 0 Å². The molecule has 1 saturated heterocycles. The lowest BCUT2D eigenvalue weighted by Gasteiger charge is -2.43. The third-order valence-electron chi connectivity index (χ3n) is 2.92. The summed E-state index contributed by atoms with van der Waals surface area (Å²) in [5, 5.41) is 15.3. The molecule has 1 fully saturated rings. The van der Waals surface area contributed by atoms with Crippen molar-refractivity contribution >= 4 is 23.4 Å². The molecule has 1 heterocycles. The fraction of sp³-hybridized carbons (Fsp3) is 0.417. The molecule has 17 heavy (non-hydrogen) atoms. The van der Waals surface area contributed by atoms with Gasteiger partial charge in [-0.15, -0.1) is 11.8 Å². The summed E-state index contributed by atoms with van der Waals surface area (Å²) in [5.74, 6) is -0.764. The second-order valence-electron chi connectivity index (χ2n) is 4.31. The molecule has 0 amide bonds. The summed E-state index contributed by atoms with van der Waals surface area (Å²) in [6, 6.07) is 8.06. The lowest BCUT2D eigenvalue weighted by Crippen LogP contribution is -2.65. The topological polar surface area (TPSA) is 61.4 Å². The number of hydrogen-bond donors (Lipinski definition) is 3. The van der Waals surface area contributed by atoms with Crippen LogP contribution in [0.3, 0.4) is 0 Å². The van der Waals surface area contributed by atoms with Crippen molar-refractivity contribution in [3.63, 3.8) is 0 Å². The van der Waals surface area contributed by atoms with Crippen LogP contribution in [0.1, 0.15) is 6.42 Å². The van der Waals surface area contributed by atoms with E-state index in [-0.39, 0.29) is 12.0 Å². The number of aliphatic carboxylic acids is 1. The molecule has 0 spiro atoms. The zero-order valence-corrected chi connectivity index (χ0v) is 10.5. The Labute approximate surface area is 105 Å². The van der Waals surface area contributed by atoms with E-state index >= 15 is 0 Å². The largest absolute Gasteiger partial charge is 0.481 e. The second kappa shape index (κ2) is 4.98. The van der Waals surface area contributed by atoms with Gasteiger partial charge in [0.05, 0.1) is 12.0 Å². The van der Waals surface area contributed by atoms with E-state index in [9.17, 15) is 4.79 Å². The lowest BCUT2D eigenvalue weighted by atomic mass is 9.88. The molecule has 5 heteroatoms. The van der Waals surface area contributed by atoms with Gasteiger partial charge in [0.1, 0.15) is 0 Å². The molecular weight excluding hydrogens is 236 g/mol. The minimum Gasteiger partial charge on any atom is -0.481 e. The van der Waals surface area contributed by atoms with E-state index in [0.717, 1.165) is 5.69 Å². The van der Waals surface area contributed by atoms with Crippen LogP contribution in [0, 0.1) is 0 Å². The van der Waals surface area contributed by atoms with Crippen molar-refractivity contribution in [3.8, 4) is 0 Å². The highest BCUT2D eigenvalue weighted by molar-refractivity contribution is 7.98. The van der Waals surface area contributed by atoms with Gasteiger partial charge >= 0.3 is 5.97 Å². The molecule has 1 aromatic carbocycles. The Morgan fingerprint density at radius 1 is 1.47 bits per heavy atom. The van der Waals surface area contributed by atoms with Crippen molar-refractivity contribution in [2.45, 2.75) is 16.9 Å². The summed E-state index contributed by atoms with van der Waals surface area (Å²) in [6.45, 7) is 1.40. The predicted molar refractivity (Wildman–Crippen MR) is 69.7 cm³/mol. The number of anilines is 1. The molecule has 2 rings (SSSR count). The first kappa shape index (κ1) is 12.3. The summed E-state index contributed by atoms with van der Waals surface area (Å²) in [5.41, 5.74) is 0.651. The zero-order valence-electron chi connectivity index (χ0n) is 9.69. The third-order valence-corrected chi connectivity index (χ3v) is 3.66. The second-order valence-corrected chi connectivity index (χ2v) is 5.19. The molecule has 0 bridgehead atoms. The van der Waals surface area contributed by atoms with Crippen LogP contribution in [0.25, 0.3) is 0 Å². The zero-order chi connectivity index (χ0) is 12.3. The fourth-order valence-corrected chi connectivity index (χ4v) is 2.36. The van der Waals surface area contributed by atoms with Crippen LogP contribution in [-0.2, 0) is 4.79 Å². The minimum atomic E-state index is -0.764. The molecule has 0 saturated carbocycles. The molecular formula is C12H16N2O2S. The van der Waals surface area contributed by atoms with E-state index in [1.165, 1.54) is 4.90 Å². The van der Waals surface area contributed by atoms with Crippen molar-refractivity contribution < 1.29 is 9.90 Å². The Bertz CT molecular complexity index is 401. The van der Waals surface area contributed by atoms with E-state index in [1.807, 2.05) is 30.5 Å². The van der Waals surface area contributed by atoms with Crippen LogP contribution in [0.2, 0.25) is 0 Å². The van der Waals surface area contributed by atoms with E-state index in [4.69, 9.17) is 5.11 Å². The molecule has 1 aliphatic rings. The molecule has 0 radical (unpaired) electrons. The third kappa shape index (κ3) is 2.92. The van der Waals surface area contributed by atoms with E-state index in [1.54, 1.807) is 11.8 Å². The summed E-state index contributed by atoms with van der Waals surface area (Å²) in [4.78, 5) is 12.0. The Kier molecular flexibility index (Phi) is 3.59. The number of hydrogen-bond acceptors (Lipinski definition) is 4. The van der Waals surface area contributed by atoms with Crippen LogP contribution in [0.4, 0.5) is 5.69 Å². The smallest absolute Gasteiger partial charge is 0.305 e. The average Bonchev–Trinajstić information content (AvgIpc) is 2.26. The van der Waals surface area contributed by atoms with Crippen molar-refractivity contribution in [1.29, 1.82) is 0 Å². The van der Waals surface area contributed by atoms with Crippen LogP contribution in [0.15, 0.2) is 29.2 Å². The molecule has 92 valence electrons. The van der Waals surface area contributed by atoms with E-state index in [0.29, 0.717) is 13.1 Å². The quantitative estimate of drug-likeness (QED) is 0.695. The molecule has 4 nitrogen and oxygen atoms in total. The fourth-order valence-electron chi connectivity index (χ4n) is 1.95. The molecule has 0 aromatic heterocycles. The first-order valence-electron chi connectivity index (χ1n) is 5.48. The SMILES string of the molecule is CSc1ccc(NC2(CC(=O)O)CNC2)cc1. The highest BCUT2D eigenvalue weighted by Crippen LogP contribution is 2.24. The Morgan fingerprint density at radius 2 is 2.12 bits per heavy atom. The number of rotatable bonds is 5. The number of benzene rings is 1. The van der Waals surface area contributed by atoms with Crippen LogP contribution < -0.4 is 10.6 Å². The Balaban J connectivity index is 2.04. The Hall–Kier alpha value is -1.20. The highest BCUT2D eigenvalue weighted by atomic mass is 32.2. The lowest BCUT2D eigenvalue weighted by molar-refractivity contribution is -0.138. The molecule has 1 aliphatic heterocycles. The normalized spacial score (nSPS) is 17.2. The number of thioether (sulfide) groups is 1. The first-order valence-corrected chi connectivity index (χ1v) is 6.71. The van der Waals surface area contributed by atoms with Gasteiger partial charge in [0, 0.05) is 23.7 Å². The monoisotopic (exact) mass is 252 g/mol. The standard InChI is InChI=1S/C12H16N2O2S/c1-17-10-4-2-9(3-5-10)14-12(6-11(15)16)7-13-8-12/h2-5,13-14H,6-8H2,1H3,(H,15,16). The number of carbonyl (C=O) groups is 1. The minimum absolute atomic E-state index is 0.143. The summed E-state index contributed by atoms with van der Waals surface area (Å²) in [7, 11) is 0. The van der Waals surface area contributed by atoms with Crippen molar-refractivity contribution in [2.75, 3.05) is 24.7 Å². The highest BCUT2D eigenvalue weighted by Gasteiger charge is 2.38. The summed E-state index contributed by atoms with van der Waals surface area (Å²) in [6.07, 6.45) is 2.18. The molecule has 0 atom stereocenters. The number of nitrogens with one attached hydrogen (secondary N) is 2. The molecule has 0 unspecified atom stereocenters. The number of carboxylic acids is 1. The van der Waals surface area contributed by atoms with Crippen LogP contribution in [-0.4, -0.2) is 36.0 Å². The molecule has 1 aromatic rings. The van der Waals surface area contributed by atoms with Gasteiger partial charge in [-0.05, 0) is 30.5 Å². The van der Waals surface area contributed by atoms with Gasteiger partial charge < -0.3 is 15.7 Å². The van der Waals surface area contributed by atoms with Crippen molar-refractivity contribution in [3.05, 3.63) is 24.3 Å².